The van der Waals surface area contributed by atoms with E-state index in [-0.39, 0.29) is 20.1 Å². The quantitative estimate of drug-likeness (QED) is 0.406. The van der Waals surface area contributed by atoms with E-state index in [1.807, 2.05) is 18.3 Å². The van der Waals surface area contributed by atoms with Crippen LogP contribution in [0, 0.1) is 19.9 Å². The summed E-state index contributed by atoms with van der Waals surface area (Å²) in [5.41, 5.74) is 5.88. The van der Waals surface area contributed by atoms with Gasteiger partial charge in [0.2, 0.25) is 0 Å². The fraction of sp³-hybridized carbons (Fsp3) is 0.111. The van der Waals surface area contributed by atoms with Crippen molar-refractivity contribution < 1.29 is 24.5 Å². The van der Waals surface area contributed by atoms with E-state index in [1.165, 1.54) is 17.5 Å². The Kier molecular flexibility index (Phi) is 4.16. The molecule has 0 fully saturated rings. The van der Waals surface area contributed by atoms with Crippen molar-refractivity contribution in [2.24, 2.45) is 0 Å². The fourth-order valence-electron chi connectivity index (χ4n) is 2.85. The number of hydrogen-bond acceptors (Lipinski definition) is 3. The van der Waals surface area contributed by atoms with Gasteiger partial charge in [-0.25, -0.2) is 4.98 Å². The normalized spacial score (nSPS) is 10.7. The van der Waals surface area contributed by atoms with Gasteiger partial charge in [-0.05, 0) is 25.0 Å². The number of benzene rings is 2. The molecule has 0 saturated heterocycles. The van der Waals surface area contributed by atoms with Crippen LogP contribution in [0.25, 0.3) is 28.2 Å². The van der Waals surface area contributed by atoms with Crippen LogP contribution in [0.5, 0.6) is 0 Å². The van der Waals surface area contributed by atoms with Crippen molar-refractivity contribution >= 4 is 11.1 Å². The van der Waals surface area contributed by atoms with Gasteiger partial charge in [-0.1, -0.05) is 23.8 Å². The molecule has 117 valence electrons. The molecule has 0 aliphatic heterocycles. The zero-order valence-corrected chi connectivity index (χ0v) is 15.1. The van der Waals surface area contributed by atoms with Crippen LogP contribution in [-0.4, -0.2) is 14.5 Å². The summed E-state index contributed by atoms with van der Waals surface area (Å²) in [6.07, 6.45) is 5.21. The molecule has 2 aromatic heterocycles. The Hall–Kier alpha value is -2.23. The minimum Gasteiger partial charge on any atom is -0.490 e. The van der Waals surface area contributed by atoms with Gasteiger partial charge in [0, 0.05) is 43.7 Å². The standard InChI is InChI=1S/C18H14N3O.Ir/c1-12-5-3-6-13(2)16(12)21-10-9-19-18(21)14-7-4-8-15-17(14)22-11-20-15;/h3-6,8-11H,1-2H3;/q-1;. The van der Waals surface area contributed by atoms with Crippen LogP contribution in [0.1, 0.15) is 11.1 Å². The monoisotopic (exact) mass is 481 g/mol. The van der Waals surface area contributed by atoms with Gasteiger partial charge in [0.05, 0.1) is 11.4 Å². The number of rotatable bonds is 2. The van der Waals surface area contributed by atoms with E-state index in [2.05, 4.69) is 52.6 Å². The largest absolute Gasteiger partial charge is 0.490 e. The van der Waals surface area contributed by atoms with Gasteiger partial charge in [-0.2, -0.15) is 0 Å². The number of hydrogen-bond donors (Lipinski definition) is 0. The molecule has 0 aliphatic rings. The summed E-state index contributed by atoms with van der Waals surface area (Å²) >= 11 is 0. The average molecular weight is 481 g/mol. The third-order valence-electron chi connectivity index (χ3n) is 3.84. The van der Waals surface area contributed by atoms with Crippen LogP contribution in [0.2, 0.25) is 0 Å². The molecule has 5 heteroatoms. The van der Waals surface area contributed by atoms with Gasteiger partial charge >= 0.3 is 0 Å². The smallest absolute Gasteiger partial charge is 0.169 e. The molecule has 0 atom stereocenters. The number of aryl methyl sites for hydroxylation is 2. The summed E-state index contributed by atoms with van der Waals surface area (Å²) < 4.78 is 7.61. The van der Waals surface area contributed by atoms with Crippen LogP contribution in [0.15, 0.2) is 53.5 Å². The number of aromatic nitrogens is 3. The predicted octanol–water partition coefficient (Wildman–Crippen LogP) is 4.10. The van der Waals surface area contributed by atoms with Crippen molar-refractivity contribution in [3.8, 4) is 17.1 Å². The first-order valence-corrected chi connectivity index (χ1v) is 7.10. The molecule has 4 nitrogen and oxygen atoms in total. The van der Waals surface area contributed by atoms with Gasteiger partial charge in [0.25, 0.3) is 0 Å². The van der Waals surface area contributed by atoms with Crippen molar-refractivity contribution in [2.75, 3.05) is 0 Å². The van der Waals surface area contributed by atoms with E-state index in [1.54, 1.807) is 6.20 Å². The van der Waals surface area contributed by atoms with Gasteiger partial charge in [0.1, 0.15) is 0 Å². The maximum Gasteiger partial charge on any atom is 0.169 e. The second kappa shape index (κ2) is 6.11. The van der Waals surface area contributed by atoms with Crippen LogP contribution in [-0.2, 0) is 20.1 Å². The molecule has 2 heterocycles. The Morgan fingerprint density at radius 2 is 1.87 bits per heavy atom. The van der Waals surface area contributed by atoms with E-state index >= 15 is 0 Å². The van der Waals surface area contributed by atoms with Crippen LogP contribution in [0.3, 0.4) is 0 Å². The van der Waals surface area contributed by atoms with Gasteiger partial charge in [0.15, 0.2) is 6.39 Å². The summed E-state index contributed by atoms with van der Waals surface area (Å²) in [6.45, 7) is 4.20. The Balaban J connectivity index is 0.00000156. The van der Waals surface area contributed by atoms with Crippen LogP contribution < -0.4 is 0 Å². The van der Waals surface area contributed by atoms with Crippen LogP contribution >= 0.6 is 0 Å². The number of oxazole rings is 1. The molecule has 4 rings (SSSR count). The van der Waals surface area contributed by atoms with E-state index in [0.29, 0.717) is 5.58 Å². The summed E-state index contributed by atoms with van der Waals surface area (Å²) in [5.74, 6) is 0.805. The second-order valence-electron chi connectivity index (χ2n) is 5.28. The summed E-state index contributed by atoms with van der Waals surface area (Å²) in [4.78, 5) is 8.72. The maximum absolute atomic E-state index is 5.53. The third kappa shape index (κ3) is 2.52. The van der Waals surface area contributed by atoms with Crippen molar-refractivity contribution in [1.29, 1.82) is 0 Å². The Bertz CT molecular complexity index is 951. The van der Waals surface area contributed by atoms with Crippen molar-refractivity contribution in [1.82, 2.24) is 14.5 Å². The first kappa shape index (κ1) is 15.7. The molecule has 4 aromatic rings. The van der Waals surface area contributed by atoms with Crippen molar-refractivity contribution in [3.05, 3.63) is 66.3 Å². The van der Waals surface area contributed by atoms with Crippen LogP contribution in [0.4, 0.5) is 0 Å². The maximum atomic E-state index is 5.53. The first-order chi connectivity index (χ1) is 10.8. The zero-order chi connectivity index (χ0) is 15.1. The van der Waals surface area contributed by atoms with E-state index < -0.39 is 0 Å². The molecule has 2 aromatic carbocycles. The minimum atomic E-state index is 0. The Morgan fingerprint density at radius 3 is 2.65 bits per heavy atom. The second-order valence-corrected chi connectivity index (χ2v) is 5.28. The van der Waals surface area contributed by atoms with Crippen molar-refractivity contribution in [2.45, 2.75) is 13.8 Å². The fourth-order valence-corrected chi connectivity index (χ4v) is 2.85. The van der Waals surface area contributed by atoms with E-state index in [4.69, 9.17) is 4.42 Å². The van der Waals surface area contributed by atoms with Gasteiger partial charge in [-0.15, -0.1) is 18.2 Å². The molecule has 0 aliphatic carbocycles. The topological polar surface area (TPSA) is 43.9 Å². The zero-order valence-electron chi connectivity index (χ0n) is 12.7. The van der Waals surface area contributed by atoms with E-state index in [0.717, 1.165) is 22.6 Å². The summed E-state index contributed by atoms with van der Waals surface area (Å²) in [5, 5.41) is 0. The number of para-hydroxylation sites is 1. The molecule has 0 spiro atoms. The van der Waals surface area contributed by atoms with E-state index in [9.17, 15) is 0 Å². The SMILES string of the molecule is Cc1cccc(C)c1-n1ccnc1-c1[c-]ccc2ncoc12.[Ir]. The average Bonchev–Trinajstić information content (AvgIpc) is 3.15. The predicted molar refractivity (Wildman–Crippen MR) is 84.9 cm³/mol. The molecule has 23 heavy (non-hydrogen) atoms. The summed E-state index contributed by atoms with van der Waals surface area (Å²) in [7, 11) is 0. The molecule has 0 N–H and O–H groups in total. The first-order valence-electron chi connectivity index (χ1n) is 7.10. The number of imidazole rings is 1. The van der Waals surface area contributed by atoms with Gasteiger partial charge < -0.3 is 8.98 Å². The molecule has 0 amide bonds. The Labute approximate surface area is 147 Å². The number of nitrogens with zero attached hydrogens (tertiary/aromatic N) is 3. The number of fused-ring (bicyclic) bond motifs is 1. The molecule has 0 saturated carbocycles. The minimum absolute atomic E-state index is 0. The molecule has 0 unspecified atom stereocenters. The Morgan fingerprint density at radius 1 is 1.09 bits per heavy atom. The van der Waals surface area contributed by atoms with Crippen molar-refractivity contribution in [3.63, 3.8) is 0 Å². The van der Waals surface area contributed by atoms with Gasteiger partial charge in [-0.3, -0.25) is 4.98 Å². The molecule has 1 radical (unpaired) electrons. The molecular formula is C18H14IrN3O-. The summed E-state index contributed by atoms with van der Waals surface area (Å²) in [6, 6.07) is 13.2. The third-order valence-corrected chi connectivity index (χ3v) is 3.84. The molecular weight excluding hydrogens is 466 g/mol. The molecule has 0 bridgehead atoms.